The summed E-state index contributed by atoms with van der Waals surface area (Å²) >= 11 is 0. The van der Waals surface area contributed by atoms with E-state index in [1.54, 1.807) is 36.4 Å². The molecule has 0 bridgehead atoms. The molecule has 3 heterocycles. The van der Waals surface area contributed by atoms with Crippen molar-refractivity contribution in [3.8, 4) is 17.2 Å². The first-order chi connectivity index (χ1) is 38.4. The molecule has 3 saturated heterocycles. The Kier molecular flexibility index (Phi) is 20.2. The molecule has 3 fully saturated rings. The zero-order chi connectivity index (χ0) is 58.8. The van der Waals surface area contributed by atoms with Crippen LogP contribution in [0.2, 0.25) is 0 Å². The second-order valence-corrected chi connectivity index (χ2v) is 26.1. The number of benzene rings is 6. The summed E-state index contributed by atoms with van der Waals surface area (Å²) in [6.07, 6.45) is 3.48. The summed E-state index contributed by atoms with van der Waals surface area (Å²) in [5, 5.41) is 8.62. The Morgan fingerprint density at radius 2 is 0.580 bits per heavy atom. The zero-order valence-electron chi connectivity index (χ0n) is 47.2. The molecule has 18 nitrogen and oxygen atoms in total. The minimum absolute atomic E-state index is 0.161. The van der Waals surface area contributed by atoms with Gasteiger partial charge in [-0.3, -0.25) is 14.4 Å². The number of amides is 3. The van der Waals surface area contributed by atoms with Crippen LogP contribution >= 0.6 is 0 Å². The standard InChI is InChI=1S/3C20H24N2O4S/c3*1-14-11-15(2)13-16(12-14)21-20(23)19-5-4-10-22(19)27(24,25)18-8-6-17(26-3)7-9-18/h3*6-9,11-13,19H,4-5,10H2,1-3H3,(H,21,23)/t3*19-/m000/s1. The lowest BCUT2D eigenvalue weighted by molar-refractivity contribution is -0.119. The number of nitrogens with one attached hydrogen (secondary N) is 3. The zero-order valence-corrected chi connectivity index (χ0v) is 49.6. The fourth-order valence-electron chi connectivity index (χ4n) is 10.3. The topological polar surface area (TPSA) is 227 Å². The molecule has 6 aromatic carbocycles. The SMILES string of the molecule is COc1ccc(S(=O)(=O)N2CCC[C@H]2C(=O)Nc2cc(C)cc(C)c2)cc1.COc1ccc(S(=O)(=O)N2CCC[C@H]2C(=O)Nc2cc(C)cc(C)c2)cc1.COc1ccc(S(=O)(=O)N2CCC[C@H]2C(=O)Nc2cc(C)cc(C)c2)cc1. The van der Waals surface area contributed by atoms with Gasteiger partial charge in [-0.05, 0) is 223 Å². The van der Waals surface area contributed by atoms with Crippen molar-refractivity contribution in [3.63, 3.8) is 0 Å². The number of carbonyl (C=O) groups excluding carboxylic acids is 3. The Balaban J connectivity index is 0.000000175. The molecule has 6 aromatic rings. The average Bonchev–Trinajstić information content (AvgIpc) is 4.36. The molecule has 0 aliphatic carbocycles. The number of nitrogens with zero attached hydrogens (tertiary/aromatic N) is 3. The molecule has 3 aliphatic rings. The van der Waals surface area contributed by atoms with Gasteiger partial charge in [0.15, 0.2) is 0 Å². The lowest BCUT2D eigenvalue weighted by Gasteiger charge is -2.23. The van der Waals surface area contributed by atoms with Gasteiger partial charge in [-0.2, -0.15) is 12.9 Å². The molecule has 3 aliphatic heterocycles. The summed E-state index contributed by atoms with van der Waals surface area (Å²) in [5.41, 5.74) is 8.31. The number of rotatable bonds is 15. The second kappa shape index (κ2) is 26.6. The van der Waals surface area contributed by atoms with Gasteiger partial charge in [0.25, 0.3) is 0 Å². The normalized spacial score (nSPS) is 17.7. The van der Waals surface area contributed by atoms with Crippen molar-refractivity contribution in [2.45, 2.75) is 113 Å². The van der Waals surface area contributed by atoms with Gasteiger partial charge in [0.05, 0.1) is 36.0 Å². The van der Waals surface area contributed by atoms with Gasteiger partial charge in [-0.1, -0.05) is 18.2 Å². The number of anilines is 3. The van der Waals surface area contributed by atoms with Gasteiger partial charge in [-0.15, -0.1) is 0 Å². The lowest BCUT2D eigenvalue weighted by atomic mass is 10.1. The monoisotopic (exact) mass is 1160 g/mol. The minimum atomic E-state index is -3.75. The molecule has 3 atom stereocenters. The van der Waals surface area contributed by atoms with Crippen molar-refractivity contribution < 1.29 is 53.8 Å². The van der Waals surface area contributed by atoms with Gasteiger partial charge >= 0.3 is 0 Å². The highest BCUT2D eigenvalue weighted by atomic mass is 32.2. The summed E-state index contributed by atoms with van der Waals surface area (Å²) in [6.45, 7) is 12.7. The first kappa shape index (κ1) is 61.5. The number of sulfonamides is 3. The van der Waals surface area contributed by atoms with Crippen LogP contribution in [0.5, 0.6) is 17.2 Å². The predicted molar refractivity (Wildman–Crippen MR) is 313 cm³/mol. The van der Waals surface area contributed by atoms with Gasteiger partial charge in [0.2, 0.25) is 47.8 Å². The molecule has 0 unspecified atom stereocenters. The van der Waals surface area contributed by atoms with Crippen molar-refractivity contribution in [1.82, 2.24) is 12.9 Å². The molecule has 0 spiro atoms. The Morgan fingerprint density at radius 3 is 0.778 bits per heavy atom. The van der Waals surface area contributed by atoms with Crippen LogP contribution in [-0.2, 0) is 44.5 Å². The van der Waals surface area contributed by atoms with E-state index < -0.39 is 48.2 Å². The first-order valence-corrected chi connectivity index (χ1v) is 30.9. The Morgan fingerprint density at radius 1 is 0.370 bits per heavy atom. The molecule has 9 rings (SSSR count). The van der Waals surface area contributed by atoms with E-state index in [1.165, 1.54) is 70.6 Å². The Bertz CT molecular complexity index is 3130. The summed E-state index contributed by atoms with van der Waals surface area (Å²) in [7, 11) is -6.67. The van der Waals surface area contributed by atoms with Gasteiger partial charge < -0.3 is 30.2 Å². The number of ether oxygens (including phenoxy) is 3. The maximum Gasteiger partial charge on any atom is 0.243 e. The van der Waals surface area contributed by atoms with Crippen LogP contribution in [0.3, 0.4) is 0 Å². The number of carbonyl (C=O) groups is 3. The smallest absolute Gasteiger partial charge is 0.243 e. The summed E-state index contributed by atoms with van der Waals surface area (Å²) in [6, 6.07) is 33.9. The van der Waals surface area contributed by atoms with Crippen molar-refractivity contribution in [1.29, 1.82) is 0 Å². The van der Waals surface area contributed by atoms with Crippen LogP contribution < -0.4 is 30.2 Å². The van der Waals surface area contributed by atoms with Crippen LogP contribution in [0.25, 0.3) is 0 Å². The van der Waals surface area contributed by atoms with Crippen LogP contribution in [0.15, 0.2) is 142 Å². The van der Waals surface area contributed by atoms with Gasteiger partial charge in [0.1, 0.15) is 35.4 Å². The highest BCUT2D eigenvalue weighted by Gasteiger charge is 2.42. The molecule has 0 saturated carbocycles. The van der Waals surface area contributed by atoms with E-state index in [4.69, 9.17) is 14.2 Å². The fraction of sp³-hybridized carbons (Fsp3) is 0.350. The minimum Gasteiger partial charge on any atom is -0.497 e. The van der Waals surface area contributed by atoms with E-state index in [0.29, 0.717) is 92.5 Å². The Hall–Kier alpha value is -7.14. The van der Waals surface area contributed by atoms with Crippen molar-refractivity contribution >= 4 is 64.9 Å². The van der Waals surface area contributed by atoms with E-state index in [0.717, 1.165) is 33.4 Å². The van der Waals surface area contributed by atoms with Gasteiger partial charge in [0, 0.05) is 36.7 Å². The number of hydrogen-bond donors (Lipinski definition) is 3. The third-order valence-corrected chi connectivity index (χ3v) is 19.8. The quantitative estimate of drug-likeness (QED) is 0.0874. The molecule has 432 valence electrons. The molecule has 3 N–H and O–H groups in total. The molecule has 81 heavy (non-hydrogen) atoms. The van der Waals surface area contributed by atoms with Crippen LogP contribution in [-0.4, -0.2) is 115 Å². The third kappa shape index (κ3) is 15.3. The summed E-state index contributed by atoms with van der Waals surface area (Å²) in [5.74, 6) is 0.859. The van der Waals surface area contributed by atoms with E-state index in [-0.39, 0.29) is 32.4 Å². The molecular weight excluding hydrogens is 1090 g/mol. The number of aryl methyl sites for hydroxylation is 6. The molecule has 3 amide bonds. The van der Waals surface area contributed by atoms with Crippen molar-refractivity contribution in [2.24, 2.45) is 0 Å². The lowest BCUT2D eigenvalue weighted by Crippen LogP contribution is -2.43. The molecule has 0 aromatic heterocycles. The summed E-state index contributed by atoms with van der Waals surface area (Å²) in [4.78, 5) is 38.9. The largest absolute Gasteiger partial charge is 0.497 e. The third-order valence-electron chi connectivity index (χ3n) is 14.0. The Labute approximate surface area is 477 Å². The maximum atomic E-state index is 13.0. The van der Waals surface area contributed by atoms with Crippen LogP contribution in [0.4, 0.5) is 17.1 Å². The van der Waals surface area contributed by atoms with E-state index in [2.05, 4.69) is 16.0 Å². The predicted octanol–water partition coefficient (Wildman–Crippen LogP) is 9.31. The summed E-state index contributed by atoms with van der Waals surface area (Å²) < 4.78 is 97.2. The molecule has 21 heteroatoms. The highest BCUT2D eigenvalue weighted by Crippen LogP contribution is 2.32. The van der Waals surface area contributed by atoms with Gasteiger partial charge in [-0.25, -0.2) is 25.3 Å². The van der Waals surface area contributed by atoms with Crippen molar-refractivity contribution in [2.75, 3.05) is 56.9 Å². The fourth-order valence-corrected chi connectivity index (χ4v) is 15.3. The average molecular weight is 1170 g/mol. The van der Waals surface area contributed by atoms with E-state index in [1.807, 2.05) is 96.1 Å². The molecular formula is C60H72N6O12S3. The van der Waals surface area contributed by atoms with Crippen LogP contribution in [0, 0.1) is 41.5 Å². The molecule has 0 radical (unpaired) electrons. The van der Waals surface area contributed by atoms with Crippen molar-refractivity contribution in [3.05, 3.63) is 161 Å². The van der Waals surface area contributed by atoms with Crippen LogP contribution in [0.1, 0.15) is 71.9 Å². The van der Waals surface area contributed by atoms with E-state index >= 15 is 0 Å². The highest BCUT2D eigenvalue weighted by molar-refractivity contribution is 7.89. The number of methoxy groups -OCH3 is 3. The number of hydrogen-bond acceptors (Lipinski definition) is 12. The first-order valence-electron chi connectivity index (χ1n) is 26.6. The maximum absolute atomic E-state index is 13.0. The van der Waals surface area contributed by atoms with E-state index in [9.17, 15) is 39.6 Å². The second-order valence-electron chi connectivity index (χ2n) is 20.4.